The van der Waals surface area contributed by atoms with Gasteiger partial charge in [0, 0.05) is 42.5 Å². The summed E-state index contributed by atoms with van der Waals surface area (Å²) in [5.74, 6) is 1.13. The van der Waals surface area contributed by atoms with E-state index in [0.717, 1.165) is 24.0 Å². The molecule has 2 aromatic rings. The molecule has 0 spiro atoms. The average Bonchev–Trinajstić information content (AvgIpc) is 3.49. The molecule has 3 heterocycles. The van der Waals surface area contributed by atoms with Crippen molar-refractivity contribution in [3.8, 4) is 11.4 Å². The Hall–Kier alpha value is -2.92. The van der Waals surface area contributed by atoms with Gasteiger partial charge >= 0.3 is 12.2 Å². The number of nitrogens with zero attached hydrogens (tertiary/aromatic N) is 4. The molecule has 1 aromatic carbocycles. The fourth-order valence-corrected chi connectivity index (χ4v) is 4.36. The molecule has 1 saturated heterocycles. The largest absolute Gasteiger partial charge is 0.401 e. The van der Waals surface area contributed by atoms with Crippen LogP contribution >= 0.6 is 0 Å². The predicted molar refractivity (Wildman–Crippen MR) is 120 cm³/mol. The van der Waals surface area contributed by atoms with Gasteiger partial charge in [0.15, 0.2) is 5.82 Å². The van der Waals surface area contributed by atoms with Crippen molar-refractivity contribution in [1.82, 2.24) is 20.2 Å². The molecule has 0 unspecified atom stereocenters. The van der Waals surface area contributed by atoms with Gasteiger partial charge in [0.2, 0.25) is 0 Å². The van der Waals surface area contributed by atoms with Crippen molar-refractivity contribution >= 4 is 17.5 Å². The van der Waals surface area contributed by atoms with E-state index in [-0.39, 0.29) is 31.2 Å². The van der Waals surface area contributed by atoms with E-state index in [9.17, 15) is 18.0 Å². The Morgan fingerprint density at radius 3 is 2.62 bits per heavy atom. The molecule has 11 heteroatoms. The summed E-state index contributed by atoms with van der Waals surface area (Å²) >= 11 is 0. The standard InChI is InChI=1S/C23H27F3N6O2/c1-14-12-34-9-8-32(14)21-18-10-31(13-23(24,25)26)11-19(18)29-20(30-21)15-2-4-16(5-3-15)27-22(33)28-17-6-7-17/h2-5,14,17H,6-13H2,1H3,(H2,27,28,33)/t14-/m0/s1. The molecule has 3 aliphatic rings. The second-order valence-electron chi connectivity index (χ2n) is 9.12. The number of carbonyl (C=O) groups is 1. The number of anilines is 2. The van der Waals surface area contributed by atoms with Crippen LogP contribution in [-0.4, -0.2) is 65.5 Å². The quantitative estimate of drug-likeness (QED) is 0.687. The number of nitrogens with one attached hydrogen (secondary N) is 2. The summed E-state index contributed by atoms with van der Waals surface area (Å²) in [6.45, 7) is 2.99. The van der Waals surface area contributed by atoms with E-state index in [1.54, 1.807) is 12.1 Å². The highest BCUT2D eigenvalue weighted by Crippen LogP contribution is 2.35. The fourth-order valence-electron chi connectivity index (χ4n) is 4.36. The summed E-state index contributed by atoms with van der Waals surface area (Å²) in [4.78, 5) is 24.9. The smallest absolute Gasteiger partial charge is 0.377 e. The topological polar surface area (TPSA) is 82.6 Å². The molecule has 2 aliphatic heterocycles. The minimum Gasteiger partial charge on any atom is -0.377 e. The molecule has 1 aromatic heterocycles. The van der Waals surface area contributed by atoms with Crippen LogP contribution in [0, 0.1) is 0 Å². The maximum Gasteiger partial charge on any atom is 0.401 e. The zero-order chi connectivity index (χ0) is 23.9. The molecule has 1 aliphatic carbocycles. The highest BCUT2D eigenvalue weighted by atomic mass is 19.4. The Morgan fingerprint density at radius 2 is 1.94 bits per heavy atom. The molecule has 1 saturated carbocycles. The molecule has 2 fully saturated rings. The summed E-state index contributed by atoms with van der Waals surface area (Å²) in [6.07, 6.45) is -2.27. The summed E-state index contributed by atoms with van der Waals surface area (Å²) in [6, 6.07) is 7.23. The summed E-state index contributed by atoms with van der Waals surface area (Å²) in [5.41, 5.74) is 2.74. The lowest BCUT2D eigenvalue weighted by Crippen LogP contribution is -2.44. The van der Waals surface area contributed by atoms with E-state index in [2.05, 4.69) is 20.5 Å². The zero-order valence-corrected chi connectivity index (χ0v) is 18.9. The molecule has 182 valence electrons. The van der Waals surface area contributed by atoms with E-state index < -0.39 is 12.7 Å². The van der Waals surface area contributed by atoms with E-state index in [1.165, 1.54) is 4.90 Å². The maximum absolute atomic E-state index is 13.1. The number of aromatic nitrogens is 2. The van der Waals surface area contributed by atoms with Gasteiger partial charge in [0.25, 0.3) is 0 Å². The first kappa shape index (κ1) is 22.9. The summed E-state index contributed by atoms with van der Waals surface area (Å²) < 4.78 is 44.7. The molecule has 2 amide bonds. The lowest BCUT2D eigenvalue weighted by molar-refractivity contribution is -0.147. The minimum atomic E-state index is -4.28. The Bertz CT molecular complexity index is 1060. The Labute approximate surface area is 195 Å². The van der Waals surface area contributed by atoms with Crippen LogP contribution in [0.25, 0.3) is 11.4 Å². The van der Waals surface area contributed by atoms with Crippen LogP contribution in [-0.2, 0) is 17.8 Å². The third-order valence-corrected chi connectivity index (χ3v) is 6.18. The molecular weight excluding hydrogens is 449 g/mol. The number of carbonyl (C=O) groups excluding carboxylic acids is 1. The van der Waals surface area contributed by atoms with Crippen molar-refractivity contribution in [2.75, 3.05) is 36.5 Å². The Morgan fingerprint density at radius 1 is 1.18 bits per heavy atom. The van der Waals surface area contributed by atoms with Gasteiger partial charge in [-0.1, -0.05) is 0 Å². The summed E-state index contributed by atoms with van der Waals surface area (Å²) in [7, 11) is 0. The van der Waals surface area contributed by atoms with Crippen molar-refractivity contribution in [3.63, 3.8) is 0 Å². The van der Waals surface area contributed by atoms with Crippen molar-refractivity contribution in [3.05, 3.63) is 35.5 Å². The third-order valence-electron chi connectivity index (χ3n) is 6.18. The molecule has 2 N–H and O–H groups in total. The lowest BCUT2D eigenvalue weighted by atomic mass is 10.1. The van der Waals surface area contributed by atoms with Crippen molar-refractivity contribution in [2.24, 2.45) is 0 Å². The van der Waals surface area contributed by atoms with Crippen molar-refractivity contribution < 1.29 is 22.7 Å². The maximum atomic E-state index is 13.1. The van der Waals surface area contributed by atoms with Gasteiger partial charge in [-0.2, -0.15) is 13.2 Å². The first-order valence-corrected chi connectivity index (χ1v) is 11.5. The average molecular weight is 477 g/mol. The first-order valence-electron chi connectivity index (χ1n) is 11.5. The lowest BCUT2D eigenvalue weighted by Gasteiger charge is -2.35. The van der Waals surface area contributed by atoms with Crippen LogP contribution in [0.4, 0.5) is 29.5 Å². The number of hydrogen-bond acceptors (Lipinski definition) is 6. The third kappa shape index (κ3) is 5.25. The number of fused-ring (bicyclic) bond motifs is 1. The van der Waals surface area contributed by atoms with Gasteiger partial charge in [-0.05, 0) is 44.0 Å². The van der Waals surface area contributed by atoms with Gasteiger partial charge in [-0.15, -0.1) is 0 Å². The molecule has 8 nitrogen and oxygen atoms in total. The van der Waals surface area contributed by atoms with E-state index in [4.69, 9.17) is 9.72 Å². The molecule has 0 bridgehead atoms. The van der Waals surface area contributed by atoms with Gasteiger partial charge in [-0.25, -0.2) is 14.8 Å². The van der Waals surface area contributed by atoms with E-state index in [0.29, 0.717) is 42.8 Å². The predicted octanol–water partition coefficient (Wildman–Crippen LogP) is 3.53. The van der Waals surface area contributed by atoms with Crippen LogP contribution in [0.3, 0.4) is 0 Å². The number of halogens is 3. The van der Waals surface area contributed by atoms with Gasteiger partial charge < -0.3 is 20.3 Å². The van der Waals surface area contributed by atoms with E-state index >= 15 is 0 Å². The number of ether oxygens (including phenoxy) is 1. The SMILES string of the molecule is C[C@H]1COCCN1c1nc(-c2ccc(NC(=O)NC3CC3)cc2)nc2c1CN(CC(F)(F)F)C2. The highest BCUT2D eigenvalue weighted by molar-refractivity contribution is 5.89. The minimum absolute atomic E-state index is 0.0498. The highest BCUT2D eigenvalue weighted by Gasteiger charge is 2.36. The number of amides is 2. The Kier molecular flexibility index (Phi) is 6.07. The number of hydrogen-bond donors (Lipinski definition) is 2. The normalized spacial score (nSPS) is 20.8. The van der Waals surface area contributed by atoms with Crippen LogP contribution in [0.5, 0.6) is 0 Å². The number of benzene rings is 1. The monoisotopic (exact) mass is 476 g/mol. The van der Waals surface area contributed by atoms with E-state index in [1.807, 2.05) is 19.1 Å². The Balaban J connectivity index is 1.42. The summed E-state index contributed by atoms with van der Waals surface area (Å²) in [5, 5.41) is 5.67. The van der Waals surface area contributed by atoms with Crippen LogP contribution in [0.2, 0.25) is 0 Å². The zero-order valence-electron chi connectivity index (χ0n) is 18.9. The fraction of sp³-hybridized carbons (Fsp3) is 0.522. The number of rotatable bonds is 5. The number of alkyl halides is 3. The van der Waals surface area contributed by atoms with Crippen LogP contribution in [0.1, 0.15) is 31.0 Å². The number of urea groups is 1. The van der Waals surface area contributed by atoms with Crippen LogP contribution in [0.15, 0.2) is 24.3 Å². The van der Waals surface area contributed by atoms with Crippen molar-refractivity contribution in [1.29, 1.82) is 0 Å². The molecule has 5 rings (SSSR count). The van der Waals surface area contributed by atoms with Crippen LogP contribution < -0.4 is 15.5 Å². The first-order chi connectivity index (χ1) is 16.2. The second kappa shape index (κ2) is 9.03. The van der Waals surface area contributed by atoms with Crippen molar-refractivity contribution in [2.45, 2.75) is 51.1 Å². The molecular formula is C23H27F3N6O2. The molecule has 34 heavy (non-hydrogen) atoms. The van der Waals surface area contributed by atoms with Gasteiger partial charge in [0.1, 0.15) is 5.82 Å². The van der Waals surface area contributed by atoms with Gasteiger partial charge in [-0.3, -0.25) is 4.90 Å². The molecule has 0 radical (unpaired) electrons. The molecule has 1 atom stereocenters. The second-order valence-corrected chi connectivity index (χ2v) is 9.12. The van der Waals surface area contributed by atoms with Gasteiger partial charge in [0.05, 0.1) is 31.5 Å². The number of morpholine rings is 1.